The fraction of sp³-hybridized carbons (Fsp3) is 0.154. The Morgan fingerprint density at radius 3 is 2.29 bits per heavy atom. The first kappa shape index (κ1) is 20.9. The molecule has 0 radical (unpaired) electrons. The molecule has 0 aliphatic carbocycles. The Morgan fingerprint density at radius 1 is 1.00 bits per heavy atom. The molecule has 1 aliphatic heterocycles. The minimum Gasteiger partial charge on any atom is -0.507 e. The molecule has 0 spiro atoms. The molecule has 3 aromatic carbocycles. The molecule has 4 rings (SSSR count). The van der Waals surface area contributed by atoms with E-state index in [1.807, 2.05) is 50.2 Å². The van der Waals surface area contributed by atoms with E-state index < -0.39 is 17.7 Å². The van der Waals surface area contributed by atoms with Crippen LogP contribution in [0, 0.1) is 6.92 Å². The van der Waals surface area contributed by atoms with Crippen molar-refractivity contribution in [1.29, 1.82) is 0 Å². The van der Waals surface area contributed by atoms with E-state index in [-0.39, 0.29) is 11.3 Å². The van der Waals surface area contributed by atoms with Crippen molar-refractivity contribution < 1.29 is 14.7 Å². The maximum Gasteiger partial charge on any atom is 0.300 e. The summed E-state index contributed by atoms with van der Waals surface area (Å²) in [4.78, 5) is 27.7. The molecule has 1 amide bonds. The molecule has 1 atom stereocenters. The number of aliphatic hydroxyl groups excluding tert-OH is 1. The zero-order chi connectivity index (χ0) is 22.1. The van der Waals surface area contributed by atoms with E-state index >= 15 is 0 Å². The topological polar surface area (TPSA) is 57.6 Å². The van der Waals surface area contributed by atoms with E-state index in [9.17, 15) is 14.7 Å². The van der Waals surface area contributed by atoms with Gasteiger partial charge in [-0.1, -0.05) is 72.6 Å². The van der Waals surface area contributed by atoms with Crippen LogP contribution < -0.4 is 4.90 Å². The predicted molar refractivity (Wildman–Crippen MR) is 123 cm³/mol. The van der Waals surface area contributed by atoms with Crippen molar-refractivity contribution in [2.75, 3.05) is 4.90 Å². The van der Waals surface area contributed by atoms with E-state index in [0.29, 0.717) is 16.3 Å². The summed E-state index contributed by atoms with van der Waals surface area (Å²) in [7, 11) is 0. The summed E-state index contributed by atoms with van der Waals surface area (Å²) in [6.45, 7) is 3.99. The first-order chi connectivity index (χ1) is 14.9. The molecular formula is C26H22ClNO3. The largest absolute Gasteiger partial charge is 0.507 e. The van der Waals surface area contributed by atoms with Gasteiger partial charge in [0.25, 0.3) is 11.7 Å². The zero-order valence-corrected chi connectivity index (χ0v) is 18.1. The van der Waals surface area contributed by atoms with E-state index in [0.717, 1.165) is 23.1 Å². The second-order valence-electron chi connectivity index (χ2n) is 7.61. The van der Waals surface area contributed by atoms with Crippen LogP contribution in [-0.2, 0) is 16.0 Å². The smallest absolute Gasteiger partial charge is 0.300 e. The van der Waals surface area contributed by atoms with Gasteiger partial charge in [-0.15, -0.1) is 0 Å². The number of hydrogen-bond donors (Lipinski definition) is 1. The number of benzene rings is 3. The zero-order valence-electron chi connectivity index (χ0n) is 17.3. The number of amides is 1. The molecule has 0 bridgehead atoms. The highest BCUT2D eigenvalue weighted by Crippen LogP contribution is 2.42. The van der Waals surface area contributed by atoms with Crippen LogP contribution >= 0.6 is 11.6 Å². The summed E-state index contributed by atoms with van der Waals surface area (Å²) in [6.07, 6.45) is 0.866. The third-order valence-corrected chi connectivity index (χ3v) is 5.79. The number of aliphatic hydroxyl groups is 1. The van der Waals surface area contributed by atoms with Crippen molar-refractivity contribution in [3.63, 3.8) is 0 Å². The Labute approximate surface area is 186 Å². The van der Waals surface area contributed by atoms with Crippen molar-refractivity contribution in [3.8, 4) is 0 Å². The van der Waals surface area contributed by atoms with Crippen molar-refractivity contribution in [3.05, 3.63) is 106 Å². The minimum atomic E-state index is -0.744. The number of anilines is 1. The van der Waals surface area contributed by atoms with Crippen molar-refractivity contribution in [2.45, 2.75) is 26.3 Å². The SMILES string of the molecule is CCc1ccc(/C(O)=C2/C(=O)C(=O)N(c3ccc(Cl)cc3)C2c2cccc(C)c2)cc1. The average molecular weight is 432 g/mol. The molecule has 1 fully saturated rings. The fourth-order valence-corrected chi connectivity index (χ4v) is 4.04. The molecule has 1 heterocycles. The lowest BCUT2D eigenvalue weighted by atomic mass is 9.94. The lowest BCUT2D eigenvalue weighted by Gasteiger charge is -2.25. The number of hydrogen-bond acceptors (Lipinski definition) is 3. The number of ketones is 1. The highest BCUT2D eigenvalue weighted by atomic mass is 35.5. The molecule has 156 valence electrons. The van der Waals surface area contributed by atoms with Gasteiger partial charge in [-0.25, -0.2) is 0 Å². The fourth-order valence-electron chi connectivity index (χ4n) is 3.91. The van der Waals surface area contributed by atoms with E-state index in [1.165, 1.54) is 4.90 Å². The third kappa shape index (κ3) is 3.87. The van der Waals surface area contributed by atoms with Crippen LogP contribution in [0.15, 0.2) is 78.4 Å². The van der Waals surface area contributed by atoms with Crippen LogP contribution in [0.5, 0.6) is 0 Å². The summed E-state index contributed by atoms with van der Waals surface area (Å²) in [5.41, 5.74) is 3.98. The molecule has 1 N–H and O–H groups in total. The summed E-state index contributed by atoms with van der Waals surface area (Å²) < 4.78 is 0. The van der Waals surface area contributed by atoms with Crippen LogP contribution in [0.1, 0.15) is 35.2 Å². The van der Waals surface area contributed by atoms with Gasteiger partial charge in [0.1, 0.15) is 5.76 Å². The van der Waals surface area contributed by atoms with Gasteiger partial charge in [0.15, 0.2) is 0 Å². The lowest BCUT2D eigenvalue weighted by Crippen LogP contribution is -2.29. The monoisotopic (exact) mass is 431 g/mol. The normalized spacial score (nSPS) is 17.9. The van der Waals surface area contributed by atoms with Crippen LogP contribution in [0.3, 0.4) is 0 Å². The molecule has 1 saturated heterocycles. The highest BCUT2D eigenvalue weighted by Gasteiger charge is 2.46. The Bertz CT molecular complexity index is 1180. The number of carbonyl (C=O) groups excluding carboxylic acids is 2. The van der Waals surface area contributed by atoms with Crippen molar-refractivity contribution >= 4 is 34.7 Å². The van der Waals surface area contributed by atoms with Gasteiger partial charge in [0.2, 0.25) is 0 Å². The molecule has 4 nitrogen and oxygen atoms in total. The highest BCUT2D eigenvalue weighted by molar-refractivity contribution is 6.51. The lowest BCUT2D eigenvalue weighted by molar-refractivity contribution is -0.132. The molecule has 5 heteroatoms. The van der Waals surface area contributed by atoms with E-state index in [4.69, 9.17) is 11.6 Å². The first-order valence-electron chi connectivity index (χ1n) is 10.1. The average Bonchev–Trinajstić information content (AvgIpc) is 3.04. The van der Waals surface area contributed by atoms with Crippen LogP contribution in [-0.4, -0.2) is 16.8 Å². The number of nitrogens with zero attached hydrogens (tertiary/aromatic N) is 1. The number of aryl methyl sites for hydroxylation is 2. The molecular weight excluding hydrogens is 410 g/mol. The van der Waals surface area contributed by atoms with Crippen LogP contribution in [0.4, 0.5) is 5.69 Å². The van der Waals surface area contributed by atoms with E-state index in [2.05, 4.69) is 0 Å². The van der Waals surface area contributed by atoms with Gasteiger partial charge >= 0.3 is 0 Å². The van der Waals surface area contributed by atoms with E-state index in [1.54, 1.807) is 36.4 Å². The van der Waals surface area contributed by atoms with Gasteiger partial charge in [-0.3, -0.25) is 14.5 Å². The molecule has 0 saturated carbocycles. The van der Waals surface area contributed by atoms with Gasteiger partial charge in [0, 0.05) is 16.3 Å². The Hall–Kier alpha value is -3.37. The maximum absolute atomic E-state index is 13.1. The Kier molecular flexibility index (Phi) is 5.66. The molecule has 0 aromatic heterocycles. The third-order valence-electron chi connectivity index (χ3n) is 5.54. The van der Waals surface area contributed by atoms with Crippen LogP contribution in [0.2, 0.25) is 5.02 Å². The number of rotatable bonds is 4. The summed E-state index contributed by atoms with van der Waals surface area (Å²) in [6, 6.07) is 21.0. The Morgan fingerprint density at radius 2 is 1.68 bits per heavy atom. The second kappa shape index (κ2) is 8.40. The standard InChI is InChI=1S/C26H22ClNO3/c1-3-17-7-9-18(10-8-17)24(29)22-23(19-6-4-5-16(2)15-19)28(26(31)25(22)30)21-13-11-20(27)12-14-21/h4-15,23,29H,3H2,1-2H3/b24-22-. The van der Waals surface area contributed by atoms with Crippen molar-refractivity contribution in [2.24, 2.45) is 0 Å². The summed E-state index contributed by atoms with van der Waals surface area (Å²) in [5, 5.41) is 11.7. The molecule has 3 aromatic rings. The minimum absolute atomic E-state index is 0.0785. The van der Waals surface area contributed by atoms with Gasteiger partial charge in [0.05, 0.1) is 11.6 Å². The van der Waals surface area contributed by atoms with Gasteiger partial charge in [-0.05, 0) is 48.7 Å². The first-order valence-corrected chi connectivity index (χ1v) is 10.5. The Balaban J connectivity index is 1.92. The molecule has 1 aliphatic rings. The summed E-state index contributed by atoms with van der Waals surface area (Å²) >= 11 is 6.02. The molecule has 31 heavy (non-hydrogen) atoms. The van der Waals surface area contributed by atoms with Gasteiger partial charge < -0.3 is 5.11 Å². The quantitative estimate of drug-likeness (QED) is 0.321. The van der Waals surface area contributed by atoms with Gasteiger partial charge in [-0.2, -0.15) is 0 Å². The molecule has 1 unspecified atom stereocenters. The van der Waals surface area contributed by atoms with Crippen molar-refractivity contribution in [1.82, 2.24) is 0 Å². The maximum atomic E-state index is 13.1. The summed E-state index contributed by atoms with van der Waals surface area (Å²) in [5.74, 6) is -1.57. The predicted octanol–water partition coefficient (Wildman–Crippen LogP) is 5.84. The second-order valence-corrected chi connectivity index (χ2v) is 8.05. The number of carbonyl (C=O) groups is 2. The number of Topliss-reactive ketones (excluding diaryl/α,β-unsaturated/α-hetero) is 1. The number of halogens is 1. The van der Waals surface area contributed by atoms with Crippen LogP contribution in [0.25, 0.3) is 5.76 Å².